The van der Waals surface area contributed by atoms with E-state index in [1.54, 1.807) is 12.1 Å². The number of rotatable bonds is 9. The molecule has 0 unspecified atom stereocenters. The van der Waals surface area contributed by atoms with Crippen molar-refractivity contribution in [2.24, 2.45) is 5.73 Å². The Kier molecular flexibility index (Phi) is 6.80. The zero-order valence-corrected chi connectivity index (χ0v) is 16.0. The Hall–Kier alpha value is -4.02. The Balaban J connectivity index is 2.28. The summed E-state index contributed by atoms with van der Waals surface area (Å²) in [5.41, 5.74) is 5.54. The van der Waals surface area contributed by atoms with E-state index < -0.39 is 24.3 Å². The van der Waals surface area contributed by atoms with Crippen LogP contribution in [0.2, 0.25) is 0 Å². The summed E-state index contributed by atoms with van der Waals surface area (Å²) in [6.07, 6.45) is 3.76. The monoisotopic (exact) mass is 404 g/mol. The molecule has 0 saturated carbocycles. The van der Waals surface area contributed by atoms with Crippen LogP contribution in [0, 0.1) is 0 Å². The van der Waals surface area contributed by atoms with Gasteiger partial charge in [-0.05, 0) is 23.8 Å². The van der Waals surface area contributed by atoms with Crippen LogP contribution in [-0.4, -0.2) is 53.8 Å². The highest BCUT2D eigenvalue weighted by Crippen LogP contribution is 2.38. The highest BCUT2D eigenvalue weighted by Gasteiger charge is 2.18. The summed E-state index contributed by atoms with van der Waals surface area (Å²) in [5.74, 6) is -1.61. The molecule has 1 aromatic carbocycles. The normalized spacial score (nSPS) is 10.6. The molecule has 2 aromatic rings. The van der Waals surface area contributed by atoms with Gasteiger partial charge in [0.1, 0.15) is 12.4 Å². The number of carbonyl (C=O) groups is 3. The highest BCUT2D eigenvalue weighted by molar-refractivity contribution is 6.05. The second kappa shape index (κ2) is 9.26. The minimum atomic E-state index is -1.18. The van der Waals surface area contributed by atoms with E-state index in [1.165, 1.54) is 33.5 Å². The third kappa shape index (κ3) is 5.03. The van der Waals surface area contributed by atoms with Gasteiger partial charge < -0.3 is 34.9 Å². The summed E-state index contributed by atoms with van der Waals surface area (Å²) in [4.78, 5) is 38.5. The molecular formula is C18H20N4O7. The van der Waals surface area contributed by atoms with Crippen LogP contribution >= 0.6 is 0 Å². The fourth-order valence-corrected chi connectivity index (χ4v) is 2.49. The summed E-state index contributed by atoms with van der Waals surface area (Å²) < 4.78 is 16.8. The lowest BCUT2D eigenvalue weighted by Crippen LogP contribution is -2.20. The number of hydrogen-bond donors (Lipinski definition) is 3. The lowest BCUT2D eigenvalue weighted by Gasteiger charge is -2.12. The second-order valence-electron chi connectivity index (χ2n) is 5.61. The van der Waals surface area contributed by atoms with Gasteiger partial charge in [0.05, 0.1) is 27.7 Å². The molecule has 1 heterocycles. The quantitative estimate of drug-likeness (QED) is 0.517. The van der Waals surface area contributed by atoms with Crippen molar-refractivity contribution < 1.29 is 33.7 Å². The number of amides is 2. The number of nitrogens with zero attached hydrogens (tertiary/aromatic N) is 2. The van der Waals surface area contributed by atoms with Crippen molar-refractivity contribution in [3.05, 3.63) is 35.8 Å². The maximum Gasteiger partial charge on any atom is 0.323 e. The van der Waals surface area contributed by atoms with Crippen molar-refractivity contribution in [3.8, 4) is 17.2 Å². The number of carbonyl (C=O) groups excluding carboxylic acids is 2. The van der Waals surface area contributed by atoms with Crippen molar-refractivity contribution in [1.29, 1.82) is 0 Å². The molecule has 0 aliphatic carbocycles. The van der Waals surface area contributed by atoms with E-state index in [0.717, 1.165) is 10.9 Å². The van der Waals surface area contributed by atoms with E-state index in [4.69, 9.17) is 25.1 Å². The maximum atomic E-state index is 12.3. The smallest absolute Gasteiger partial charge is 0.323 e. The number of benzene rings is 1. The molecule has 0 radical (unpaired) electrons. The number of nitrogens with two attached hydrogens (primary N) is 1. The van der Waals surface area contributed by atoms with E-state index in [-0.39, 0.29) is 11.5 Å². The SMILES string of the molecule is COc1cc(/C=C/C(=O)Nc2c(C(N)=O)ncn2CC(=O)O)cc(OC)c1OC. The van der Waals surface area contributed by atoms with Gasteiger partial charge in [-0.1, -0.05) is 0 Å². The molecule has 0 aliphatic rings. The summed E-state index contributed by atoms with van der Waals surface area (Å²) in [7, 11) is 4.40. The van der Waals surface area contributed by atoms with Crippen LogP contribution in [0.4, 0.5) is 5.82 Å². The summed E-state index contributed by atoms with van der Waals surface area (Å²) in [6, 6.07) is 3.27. The molecule has 11 nitrogen and oxygen atoms in total. The molecule has 2 amide bonds. The van der Waals surface area contributed by atoms with E-state index in [2.05, 4.69) is 10.3 Å². The molecule has 0 aliphatic heterocycles. The van der Waals surface area contributed by atoms with Crippen LogP contribution in [0.1, 0.15) is 16.1 Å². The predicted octanol–water partition coefficient (Wildman–Crippen LogP) is 0.744. The van der Waals surface area contributed by atoms with Gasteiger partial charge in [0, 0.05) is 6.08 Å². The minimum Gasteiger partial charge on any atom is -0.493 e. The van der Waals surface area contributed by atoms with E-state index in [1.807, 2.05) is 0 Å². The van der Waals surface area contributed by atoms with Crippen molar-refractivity contribution in [2.45, 2.75) is 6.54 Å². The largest absolute Gasteiger partial charge is 0.493 e. The summed E-state index contributed by atoms with van der Waals surface area (Å²) >= 11 is 0. The Morgan fingerprint density at radius 3 is 2.28 bits per heavy atom. The Morgan fingerprint density at radius 1 is 1.17 bits per heavy atom. The molecule has 0 atom stereocenters. The predicted molar refractivity (Wildman–Crippen MR) is 102 cm³/mol. The van der Waals surface area contributed by atoms with E-state index in [9.17, 15) is 14.4 Å². The first-order valence-corrected chi connectivity index (χ1v) is 8.16. The van der Waals surface area contributed by atoms with Gasteiger partial charge in [-0.3, -0.25) is 14.4 Å². The zero-order valence-electron chi connectivity index (χ0n) is 16.0. The fourth-order valence-electron chi connectivity index (χ4n) is 2.49. The number of methoxy groups -OCH3 is 3. The molecule has 1 aromatic heterocycles. The molecule has 154 valence electrons. The van der Waals surface area contributed by atoms with Crippen LogP contribution < -0.4 is 25.3 Å². The number of nitrogens with one attached hydrogen (secondary N) is 1. The van der Waals surface area contributed by atoms with Gasteiger partial charge in [0.2, 0.25) is 11.7 Å². The molecule has 2 rings (SSSR count). The summed E-state index contributed by atoms with van der Waals surface area (Å²) in [6.45, 7) is -0.507. The first kappa shape index (κ1) is 21.3. The van der Waals surface area contributed by atoms with Gasteiger partial charge in [-0.15, -0.1) is 0 Å². The third-order valence-electron chi connectivity index (χ3n) is 3.73. The first-order chi connectivity index (χ1) is 13.8. The summed E-state index contributed by atoms with van der Waals surface area (Å²) in [5, 5.41) is 11.4. The number of carboxylic acid groups (broad SMARTS) is 1. The van der Waals surface area contributed by atoms with Gasteiger partial charge >= 0.3 is 5.97 Å². The number of aromatic nitrogens is 2. The molecular weight excluding hydrogens is 384 g/mol. The molecule has 0 bridgehead atoms. The average molecular weight is 404 g/mol. The zero-order chi connectivity index (χ0) is 21.6. The number of ether oxygens (including phenoxy) is 3. The molecule has 0 fully saturated rings. The van der Waals surface area contributed by atoms with Crippen LogP contribution in [-0.2, 0) is 16.1 Å². The molecule has 0 spiro atoms. The number of carboxylic acids is 1. The van der Waals surface area contributed by atoms with Gasteiger partial charge in [0.15, 0.2) is 17.2 Å². The van der Waals surface area contributed by atoms with Crippen molar-refractivity contribution in [1.82, 2.24) is 9.55 Å². The third-order valence-corrected chi connectivity index (χ3v) is 3.73. The first-order valence-electron chi connectivity index (χ1n) is 8.16. The van der Waals surface area contributed by atoms with E-state index in [0.29, 0.717) is 22.8 Å². The van der Waals surface area contributed by atoms with Gasteiger partial charge in [-0.25, -0.2) is 4.98 Å². The topological polar surface area (TPSA) is 155 Å². The number of aliphatic carboxylic acids is 1. The molecule has 11 heteroatoms. The minimum absolute atomic E-state index is 0.112. The second-order valence-corrected chi connectivity index (χ2v) is 5.61. The number of anilines is 1. The van der Waals surface area contributed by atoms with E-state index >= 15 is 0 Å². The Bertz CT molecular complexity index is 940. The maximum absolute atomic E-state index is 12.3. The fraction of sp³-hybridized carbons (Fsp3) is 0.222. The standard InChI is InChI=1S/C18H20N4O7/c1-27-11-6-10(7-12(28-2)16(11)29-3)4-5-13(23)21-18-15(17(19)26)20-9-22(18)8-14(24)25/h4-7,9H,8H2,1-3H3,(H2,19,26)(H,21,23)(H,24,25)/b5-4+. The lowest BCUT2D eigenvalue weighted by atomic mass is 10.1. The van der Waals surface area contributed by atoms with Crippen LogP contribution in [0.15, 0.2) is 24.5 Å². The van der Waals surface area contributed by atoms with Gasteiger partial charge in [0.25, 0.3) is 5.91 Å². The number of hydrogen-bond acceptors (Lipinski definition) is 7. The lowest BCUT2D eigenvalue weighted by molar-refractivity contribution is -0.137. The van der Waals surface area contributed by atoms with Crippen LogP contribution in [0.5, 0.6) is 17.2 Å². The highest BCUT2D eigenvalue weighted by atomic mass is 16.5. The van der Waals surface area contributed by atoms with Gasteiger partial charge in [-0.2, -0.15) is 0 Å². The average Bonchev–Trinajstić information content (AvgIpc) is 3.07. The Morgan fingerprint density at radius 2 is 1.79 bits per heavy atom. The van der Waals surface area contributed by atoms with Crippen molar-refractivity contribution in [2.75, 3.05) is 26.6 Å². The van der Waals surface area contributed by atoms with Crippen molar-refractivity contribution in [3.63, 3.8) is 0 Å². The molecule has 29 heavy (non-hydrogen) atoms. The molecule has 4 N–H and O–H groups in total. The number of imidazole rings is 1. The van der Waals surface area contributed by atoms with Crippen molar-refractivity contribution >= 4 is 29.7 Å². The van der Waals surface area contributed by atoms with Crippen LogP contribution in [0.3, 0.4) is 0 Å². The van der Waals surface area contributed by atoms with Crippen LogP contribution in [0.25, 0.3) is 6.08 Å². The molecule has 0 saturated heterocycles. The Labute approximate surface area is 165 Å². The number of primary amides is 1.